The lowest BCUT2D eigenvalue weighted by Gasteiger charge is -2.10. The third kappa shape index (κ3) is 6.90. The normalized spacial score (nSPS) is 10.6. The van der Waals surface area contributed by atoms with Crippen LogP contribution in [0.15, 0.2) is 72.1 Å². The molecule has 0 bridgehead atoms. The van der Waals surface area contributed by atoms with Gasteiger partial charge in [-0.05, 0) is 66.6 Å². The van der Waals surface area contributed by atoms with Crippen molar-refractivity contribution in [2.24, 2.45) is 5.10 Å². The van der Waals surface area contributed by atoms with Crippen LogP contribution in [-0.4, -0.2) is 36.8 Å². The average Bonchev–Trinajstić information content (AvgIpc) is 2.85. The molecule has 0 aliphatic rings. The molecule has 0 radical (unpaired) electrons. The van der Waals surface area contributed by atoms with Crippen molar-refractivity contribution in [1.82, 2.24) is 10.4 Å². The van der Waals surface area contributed by atoms with E-state index >= 15 is 0 Å². The van der Waals surface area contributed by atoms with Crippen LogP contribution in [0.3, 0.4) is 0 Å². The summed E-state index contributed by atoms with van der Waals surface area (Å²) < 4.78 is 16.4. The van der Waals surface area contributed by atoms with Crippen molar-refractivity contribution in [2.45, 2.75) is 19.8 Å². The Bertz CT molecular complexity index is 1100. The minimum Gasteiger partial charge on any atom is -0.494 e. The standard InChI is InChI=1S/C25H25N3O5/c1-3-4-15-32-21-8-6-20(7-9-21)25(30)33-22-10-5-18(16-23(22)31-2)17-27-28-24(29)19-11-13-26-14-12-19/h5-14,16-17H,3-4,15H2,1-2H3,(H,28,29)/b27-17+. The molecular formula is C25H25N3O5. The lowest BCUT2D eigenvalue weighted by Crippen LogP contribution is -2.17. The first-order chi connectivity index (χ1) is 16.1. The number of carbonyl (C=O) groups excluding carboxylic acids is 2. The Morgan fingerprint density at radius 1 is 1.00 bits per heavy atom. The van der Waals surface area contributed by atoms with E-state index in [0.717, 1.165) is 12.8 Å². The van der Waals surface area contributed by atoms with Gasteiger partial charge in [-0.25, -0.2) is 10.2 Å². The van der Waals surface area contributed by atoms with E-state index in [0.29, 0.717) is 34.8 Å². The second-order valence-corrected chi connectivity index (χ2v) is 6.96. The van der Waals surface area contributed by atoms with E-state index in [2.05, 4.69) is 22.4 Å². The van der Waals surface area contributed by atoms with Gasteiger partial charge in [0.05, 0.1) is 25.5 Å². The summed E-state index contributed by atoms with van der Waals surface area (Å²) >= 11 is 0. The Balaban J connectivity index is 1.61. The number of rotatable bonds is 10. The average molecular weight is 447 g/mol. The molecule has 0 fully saturated rings. The van der Waals surface area contributed by atoms with E-state index in [9.17, 15) is 9.59 Å². The van der Waals surface area contributed by atoms with Crippen LogP contribution < -0.4 is 19.6 Å². The number of pyridine rings is 1. The zero-order valence-corrected chi connectivity index (χ0v) is 18.5. The summed E-state index contributed by atoms with van der Waals surface area (Å²) in [7, 11) is 1.47. The topological polar surface area (TPSA) is 99.1 Å². The van der Waals surface area contributed by atoms with Gasteiger partial charge in [0, 0.05) is 18.0 Å². The van der Waals surface area contributed by atoms with Crippen LogP contribution in [0, 0.1) is 0 Å². The Labute approximate surface area is 192 Å². The molecule has 170 valence electrons. The van der Waals surface area contributed by atoms with Crippen molar-refractivity contribution in [2.75, 3.05) is 13.7 Å². The molecule has 8 heteroatoms. The molecule has 3 rings (SSSR count). The monoisotopic (exact) mass is 447 g/mol. The van der Waals surface area contributed by atoms with Gasteiger partial charge in [-0.3, -0.25) is 9.78 Å². The molecule has 1 amide bonds. The molecule has 3 aromatic rings. The number of hydrazone groups is 1. The van der Waals surface area contributed by atoms with Gasteiger partial charge in [0.1, 0.15) is 5.75 Å². The minimum atomic E-state index is -0.514. The van der Waals surface area contributed by atoms with Gasteiger partial charge in [0.2, 0.25) is 0 Å². The maximum atomic E-state index is 12.5. The predicted molar refractivity (Wildman–Crippen MR) is 124 cm³/mol. The number of methoxy groups -OCH3 is 1. The SMILES string of the molecule is CCCCOc1ccc(C(=O)Oc2ccc(/C=N/NC(=O)c3ccncc3)cc2OC)cc1. The minimum absolute atomic E-state index is 0.267. The number of benzene rings is 2. The molecule has 0 saturated carbocycles. The predicted octanol–water partition coefficient (Wildman–Crippen LogP) is 4.25. The largest absolute Gasteiger partial charge is 0.494 e. The molecule has 1 heterocycles. The number of nitrogens with one attached hydrogen (secondary N) is 1. The van der Waals surface area contributed by atoms with Gasteiger partial charge in [-0.2, -0.15) is 5.10 Å². The van der Waals surface area contributed by atoms with Gasteiger partial charge in [-0.1, -0.05) is 13.3 Å². The zero-order valence-electron chi connectivity index (χ0n) is 18.5. The number of nitrogens with zero attached hydrogens (tertiary/aromatic N) is 2. The molecular weight excluding hydrogens is 422 g/mol. The van der Waals surface area contributed by atoms with E-state index < -0.39 is 5.97 Å². The van der Waals surface area contributed by atoms with Gasteiger partial charge in [0.15, 0.2) is 11.5 Å². The molecule has 0 unspecified atom stereocenters. The Morgan fingerprint density at radius 2 is 1.76 bits per heavy atom. The molecule has 1 N–H and O–H groups in total. The van der Waals surface area contributed by atoms with Crippen LogP contribution in [0.25, 0.3) is 0 Å². The highest BCUT2D eigenvalue weighted by Gasteiger charge is 2.13. The fourth-order valence-corrected chi connectivity index (χ4v) is 2.76. The number of aromatic nitrogens is 1. The van der Waals surface area contributed by atoms with E-state index in [4.69, 9.17) is 14.2 Å². The van der Waals surface area contributed by atoms with Crippen molar-refractivity contribution in [3.8, 4) is 17.2 Å². The molecule has 1 aromatic heterocycles. The fourth-order valence-electron chi connectivity index (χ4n) is 2.76. The third-order valence-electron chi connectivity index (χ3n) is 4.57. The van der Waals surface area contributed by atoms with Crippen molar-refractivity contribution in [3.63, 3.8) is 0 Å². The van der Waals surface area contributed by atoms with E-state index in [1.165, 1.54) is 25.7 Å². The van der Waals surface area contributed by atoms with Gasteiger partial charge in [-0.15, -0.1) is 0 Å². The Morgan fingerprint density at radius 3 is 2.45 bits per heavy atom. The first-order valence-corrected chi connectivity index (χ1v) is 10.5. The van der Waals surface area contributed by atoms with E-state index in [1.54, 1.807) is 54.6 Å². The van der Waals surface area contributed by atoms with Gasteiger partial charge < -0.3 is 14.2 Å². The van der Waals surface area contributed by atoms with Crippen LogP contribution >= 0.6 is 0 Å². The number of ether oxygens (including phenoxy) is 3. The number of carbonyl (C=O) groups is 2. The maximum Gasteiger partial charge on any atom is 0.343 e. The third-order valence-corrected chi connectivity index (χ3v) is 4.57. The summed E-state index contributed by atoms with van der Waals surface area (Å²) in [4.78, 5) is 28.4. The summed E-state index contributed by atoms with van der Waals surface area (Å²) in [6.45, 7) is 2.73. The van der Waals surface area contributed by atoms with Crippen LogP contribution in [-0.2, 0) is 0 Å². The second-order valence-electron chi connectivity index (χ2n) is 6.96. The number of amides is 1. The quantitative estimate of drug-likeness (QED) is 0.164. The molecule has 0 atom stereocenters. The van der Waals surface area contributed by atoms with Crippen molar-refractivity contribution in [1.29, 1.82) is 0 Å². The van der Waals surface area contributed by atoms with Crippen molar-refractivity contribution in [3.05, 3.63) is 83.7 Å². The number of unbranched alkanes of at least 4 members (excludes halogenated alkanes) is 1. The summed E-state index contributed by atoms with van der Waals surface area (Å²) in [5.74, 6) is 0.459. The molecule has 8 nitrogen and oxygen atoms in total. The molecule has 0 spiro atoms. The molecule has 0 aliphatic carbocycles. The summed E-state index contributed by atoms with van der Waals surface area (Å²) in [6.07, 6.45) is 6.54. The van der Waals surface area contributed by atoms with E-state index in [-0.39, 0.29) is 11.7 Å². The van der Waals surface area contributed by atoms with Gasteiger partial charge >= 0.3 is 5.97 Å². The van der Waals surface area contributed by atoms with Crippen LogP contribution in [0.1, 0.15) is 46.0 Å². The Kier molecular flexibility index (Phi) is 8.53. The molecule has 2 aromatic carbocycles. The highest BCUT2D eigenvalue weighted by atomic mass is 16.6. The highest BCUT2D eigenvalue weighted by Crippen LogP contribution is 2.28. The lowest BCUT2D eigenvalue weighted by molar-refractivity contribution is 0.0729. The lowest BCUT2D eigenvalue weighted by atomic mass is 10.2. The summed E-state index contributed by atoms with van der Waals surface area (Å²) in [5, 5.41) is 3.95. The number of esters is 1. The summed E-state index contributed by atoms with van der Waals surface area (Å²) in [6, 6.07) is 14.9. The first-order valence-electron chi connectivity index (χ1n) is 10.5. The smallest absolute Gasteiger partial charge is 0.343 e. The van der Waals surface area contributed by atoms with E-state index in [1.807, 2.05) is 0 Å². The van der Waals surface area contributed by atoms with Gasteiger partial charge in [0.25, 0.3) is 5.91 Å². The van der Waals surface area contributed by atoms with Crippen molar-refractivity contribution >= 4 is 18.1 Å². The summed E-state index contributed by atoms with van der Waals surface area (Å²) in [5.41, 5.74) is 3.93. The van der Waals surface area contributed by atoms with Crippen LogP contribution in [0.4, 0.5) is 0 Å². The van der Waals surface area contributed by atoms with Crippen LogP contribution in [0.5, 0.6) is 17.2 Å². The second kappa shape index (κ2) is 12.0. The molecule has 0 aliphatic heterocycles. The number of hydrogen-bond donors (Lipinski definition) is 1. The zero-order chi connectivity index (χ0) is 23.5. The maximum absolute atomic E-state index is 12.5. The van der Waals surface area contributed by atoms with Crippen LogP contribution in [0.2, 0.25) is 0 Å². The molecule has 0 saturated heterocycles. The first kappa shape index (κ1) is 23.5. The highest BCUT2D eigenvalue weighted by molar-refractivity contribution is 5.95. The Hall–Kier alpha value is -4.20. The number of hydrogen-bond acceptors (Lipinski definition) is 7. The fraction of sp³-hybridized carbons (Fsp3) is 0.200. The van der Waals surface area contributed by atoms with Crippen molar-refractivity contribution < 1.29 is 23.8 Å². The molecule has 33 heavy (non-hydrogen) atoms.